The summed E-state index contributed by atoms with van der Waals surface area (Å²) in [6.07, 6.45) is 4.95. The van der Waals surface area contributed by atoms with E-state index in [-0.39, 0.29) is 11.9 Å². The van der Waals surface area contributed by atoms with Crippen molar-refractivity contribution in [2.24, 2.45) is 7.05 Å². The zero-order valence-electron chi connectivity index (χ0n) is 12.8. The van der Waals surface area contributed by atoms with Gasteiger partial charge in [-0.2, -0.15) is 0 Å². The molecular weight excluding hydrogens is 238 g/mol. The second-order valence-electron chi connectivity index (χ2n) is 5.14. The predicted octanol–water partition coefficient (Wildman–Crippen LogP) is 2.91. The Morgan fingerprint density at radius 2 is 2.21 bits per heavy atom. The van der Waals surface area contributed by atoms with Crippen LogP contribution in [0.5, 0.6) is 0 Å². The number of aryl methyl sites for hydroxylation is 2. The third-order valence-electron chi connectivity index (χ3n) is 3.49. The third-order valence-corrected chi connectivity index (χ3v) is 3.49. The van der Waals surface area contributed by atoms with Gasteiger partial charge in [-0.3, -0.25) is 4.79 Å². The molecule has 0 fully saturated rings. The molecule has 0 aliphatic carbocycles. The van der Waals surface area contributed by atoms with E-state index in [9.17, 15) is 4.79 Å². The summed E-state index contributed by atoms with van der Waals surface area (Å²) in [7, 11) is 3.90. The van der Waals surface area contributed by atoms with Crippen LogP contribution in [0.2, 0.25) is 0 Å². The Kier molecular flexibility index (Phi) is 5.21. The number of likely N-dealkylation sites (N-methyl/N-ethyl adjacent to an activating group) is 1. The fourth-order valence-electron chi connectivity index (χ4n) is 1.73. The summed E-state index contributed by atoms with van der Waals surface area (Å²) in [5, 5.41) is 2.94. The molecule has 1 unspecified atom stereocenters. The van der Waals surface area contributed by atoms with E-state index in [1.54, 1.807) is 0 Å². The molecule has 0 bridgehead atoms. The van der Waals surface area contributed by atoms with E-state index >= 15 is 0 Å². The number of nitrogens with zero attached hydrogens (tertiary/aromatic N) is 2. The van der Waals surface area contributed by atoms with Crippen LogP contribution in [0.25, 0.3) is 0 Å². The molecule has 1 rings (SSSR count). The number of aromatic nitrogens is 1. The minimum Gasteiger partial charge on any atom is -0.369 e. The highest BCUT2D eigenvalue weighted by Gasteiger charge is 2.16. The van der Waals surface area contributed by atoms with Crippen molar-refractivity contribution in [1.82, 2.24) is 9.47 Å². The molecule has 0 radical (unpaired) electrons. The van der Waals surface area contributed by atoms with Gasteiger partial charge in [0, 0.05) is 26.0 Å². The van der Waals surface area contributed by atoms with Crippen molar-refractivity contribution in [3.05, 3.63) is 29.7 Å². The summed E-state index contributed by atoms with van der Waals surface area (Å²) in [4.78, 5) is 14.1. The summed E-state index contributed by atoms with van der Waals surface area (Å²) in [6.45, 7) is 8.10. The van der Waals surface area contributed by atoms with Crippen molar-refractivity contribution < 1.29 is 4.79 Å². The van der Waals surface area contributed by atoms with Crippen molar-refractivity contribution in [3.63, 3.8) is 0 Å². The van der Waals surface area contributed by atoms with Crippen molar-refractivity contribution >= 4 is 11.6 Å². The minimum absolute atomic E-state index is 0.00764. The number of rotatable bonds is 5. The molecule has 19 heavy (non-hydrogen) atoms. The van der Waals surface area contributed by atoms with Crippen molar-refractivity contribution in [1.29, 1.82) is 0 Å². The number of carbonyl (C=O) groups is 1. The first-order chi connectivity index (χ1) is 8.85. The van der Waals surface area contributed by atoms with Crippen LogP contribution in [0, 0.1) is 6.92 Å². The van der Waals surface area contributed by atoms with Gasteiger partial charge in [-0.25, -0.2) is 0 Å². The predicted molar refractivity (Wildman–Crippen MR) is 80.1 cm³/mol. The maximum Gasteiger partial charge on any atom is 0.246 e. The van der Waals surface area contributed by atoms with E-state index < -0.39 is 0 Å². The van der Waals surface area contributed by atoms with Crippen LogP contribution in [0.3, 0.4) is 0 Å². The lowest BCUT2D eigenvalue weighted by Crippen LogP contribution is -2.36. The zero-order chi connectivity index (χ0) is 14.6. The van der Waals surface area contributed by atoms with Crippen LogP contribution >= 0.6 is 0 Å². The monoisotopic (exact) mass is 263 g/mol. The van der Waals surface area contributed by atoms with Gasteiger partial charge in [-0.05, 0) is 39.5 Å². The maximum atomic E-state index is 12.2. The summed E-state index contributed by atoms with van der Waals surface area (Å²) < 4.78 is 1.99. The number of amides is 1. The number of anilines is 1. The zero-order valence-corrected chi connectivity index (χ0v) is 12.8. The lowest BCUT2D eigenvalue weighted by molar-refractivity contribution is -0.119. The van der Waals surface area contributed by atoms with Crippen molar-refractivity contribution in [3.8, 4) is 0 Å². The van der Waals surface area contributed by atoms with E-state index in [1.165, 1.54) is 5.57 Å². The first-order valence-corrected chi connectivity index (χ1v) is 6.68. The Morgan fingerprint density at radius 3 is 2.68 bits per heavy atom. The first-order valence-electron chi connectivity index (χ1n) is 6.68. The molecule has 0 aromatic carbocycles. The van der Waals surface area contributed by atoms with Crippen LogP contribution in [0.15, 0.2) is 24.0 Å². The average molecular weight is 263 g/mol. The standard InChI is InChI=1S/C15H25N3O/c1-7-11(2)9-18(6)13(4)15(19)16-14-8-12(3)17(5)10-14/h8-10,13H,7H2,1-6H3,(H,16,19)/b11-9-. The molecule has 106 valence electrons. The molecule has 4 nitrogen and oxygen atoms in total. The highest BCUT2D eigenvalue weighted by molar-refractivity contribution is 5.94. The lowest BCUT2D eigenvalue weighted by atomic mass is 10.2. The molecule has 0 aliphatic rings. The number of hydrogen-bond acceptors (Lipinski definition) is 2. The Bertz CT molecular complexity index is 454. The fraction of sp³-hybridized carbons (Fsp3) is 0.533. The Balaban J connectivity index is 2.67. The van der Waals surface area contributed by atoms with Crippen molar-refractivity contribution in [2.45, 2.75) is 40.2 Å². The highest BCUT2D eigenvalue weighted by Crippen LogP contribution is 2.13. The first kappa shape index (κ1) is 15.3. The summed E-state index contributed by atoms with van der Waals surface area (Å²) >= 11 is 0. The van der Waals surface area contributed by atoms with Gasteiger partial charge in [0.25, 0.3) is 0 Å². The minimum atomic E-state index is -0.193. The smallest absolute Gasteiger partial charge is 0.246 e. The van der Waals surface area contributed by atoms with Crippen molar-refractivity contribution in [2.75, 3.05) is 12.4 Å². The maximum absolute atomic E-state index is 12.2. The second-order valence-corrected chi connectivity index (χ2v) is 5.14. The molecule has 1 amide bonds. The summed E-state index contributed by atoms with van der Waals surface area (Å²) in [6, 6.07) is 1.78. The fourth-order valence-corrected chi connectivity index (χ4v) is 1.73. The van der Waals surface area contributed by atoms with Crippen LogP contribution < -0.4 is 5.32 Å². The Morgan fingerprint density at radius 1 is 1.58 bits per heavy atom. The van der Waals surface area contributed by atoms with E-state index in [1.807, 2.05) is 55.9 Å². The molecule has 1 aromatic heterocycles. The van der Waals surface area contributed by atoms with Crippen LogP contribution in [-0.4, -0.2) is 28.5 Å². The molecule has 1 atom stereocenters. The van der Waals surface area contributed by atoms with Gasteiger partial charge in [0.2, 0.25) is 5.91 Å². The van der Waals surface area contributed by atoms with E-state index in [0.717, 1.165) is 17.8 Å². The van der Waals surface area contributed by atoms with Gasteiger partial charge < -0.3 is 14.8 Å². The molecule has 1 aromatic rings. The van der Waals surface area contributed by atoms with E-state index in [4.69, 9.17) is 0 Å². The Hall–Kier alpha value is -1.71. The number of carbonyl (C=O) groups excluding carboxylic acids is 1. The topological polar surface area (TPSA) is 37.3 Å². The summed E-state index contributed by atoms with van der Waals surface area (Å²) in [5.74, 6) is 0.00764. The largest absolute Gasteiger partial charge is 0.369 e. The number of hydrogen-bond donors (Lipinski definition) is 1. The quantitative estimate of drug-likeness (QED) is 0.887. The lowest BCUT2D eigenvalue weighted by Gasteiger charge is -2.23. The molecule has 1 N–H and O–H groups in total. The van der Waals surface area contributed by atoms with Crippen LogP contribution in [-0.2, 0) is 11.8 Å². The van der Waals surface area contributed by atoms with Gasteiger partial charge in [0.1, 0.15) is 6.04 Å². The van der Waals surface area contributed by atoms with Gasteiger partial charge >= 0.3 is 0 Å². The van der Waals surface area contributed by atoms with Gasteiger partial charge in [0.05, 0.1) is 5.69 Å². The second kappa shape index (κ2) is 6.45. The Labute approximate surface area is 116 Å². The van der Waals surface area contributed by atoms with Gasteiger partial charge in [0.15, 0.2) is 0 Å². The molecule has 4 heteroatoms. The number of nitrogens with one attached hydrogen (secondary N) is 1. The molecular formula is C15H25N3O. The van der Waals surface area contributed by atoms with E-state index in [2.05, 4.69) is 19.2 Å². The normalized spacial score (nSPS) is 13.3. The highest BCUT2D eigenvalue weighted by atomic mass is 16.2. The SMILES string of the molecule is CC/C(C)=C\N(C)C(C)C(=O)Nc1cc(C)n(C)c1. The summed E-state index contributed by atoms with van der Waals surface area (Å²) in [5.41, 5.74) is 3.23. The van der Waals surface area contributed by atoms with Crippen LogP contribution in [0.4, 0.5) is 5.69 Å². The molecule has 0 saturated carbocycles. The molecule has 1 heterocycles. The molecule has 0 spiro atoms. The molecule has 0 saturated heterocycles. The third kappa shape index (κ3) is 4.16. The van der Waals surface area contributed by atoms with E-state index in [0.29, 0.717) is 0 Å². The average Bonchev–Trinajstić information content (AvgIpc) is 2.66. The van der Waals surface area contributed by atoms with Gasteiger partial charge in [-0.1, -0.05) is 12.5 Å². The molecule has 0 aliphatic heterocycles. The number of allylic oxidation sites excluding steroid dienone is 1. The van der Waals surface area contributed by atoms with Gasteiger partial charge in [-0.15, -0.1) is 0 Å². The van der Waals surface area contributed by atoms with Crippen LogP contribution in [0.1, 0.15) is 32.9 Å².